The zero-order valence-corrected chi connectivity index (χ0v) is 16.1. The number of carbonyl (C=O) groups is 2. The lowest BCUT2D eigenvalue weighted by Crippen LogP contribution is -2.44. The number of esters is 1. The van der Waals surface area contributed by atoms with E-state index in [9.17, 15) is 9.59 Å². The van der Waals surface area contributed by atoms with Gasteiger partial charge in [-0.2, -0.15) is 0 Å². The number of hydrogen-bond donors (Lipinski definition) is 1. The largest absolute Gasteiger partial charge is 0.482 e. The first-order chi connectivity index (χ1) is 12.4. The Kier molecular flexibility index (Phi) is 7.57. The molecule has 1 amide bonds. The normalized spacial score (nSPS) is 11.5. The molecular weight excluding hydrogens is 401 g/mol. The van der Waals surface area contributed by atoms with Gasteiger partial charge in [-0.15, -0.1) is 0 Å². The van der Waals surface area contributed by atoms with Gasteiger partial charge in [-0.1, -0.05) is 65.1 Å². The minimum Gasteiger partial charge on any atom is -0.482 e. The summed E-state index contributed by atoms with van der Waals surface area (Å²) < 4.78 is 10.1. The first-order valence-corrected chi connectivity index (χ1v) is 8.72. The first kappa shape index (κ1) is 20.4. The standard InChI is InChI=1S/C18H16Cl3NO4/c1-25-18(24)15(7-11-5-3-2-4-6-11)22-17(23)10-26-16-9-13(20)12(19)8-14(16)21/h2-6,8-9,15H,7,10H2,1H3,(H,22,23)/t15-/m0/s1. The molecule has 0 aliphatic rings. The highest BCUT2D eigenvalue weighted by Gasteiger charge is 2.22. The van der Waals surface area contributed by atoms with Crippen molar-refractivity contribution in [2.45, 2.75) is 12.5 Å². The topological polar surface area (TPSA) is 64.6 Å². The third-order valence-electron chi connectivity index (χ3n) is 3.44. The number of amides is 1. The van der Waals surface area contributed by atoms with Crippen LogP contribution < -0.4 is 10.1 Å². The number of methoxy groups -OCH3 is 1. The van der Waals surface area contributed by atoms with Gasteiger partial charge in [0.1, 0.15) is 11.8 Å². The van der Waals surface area contributed by atoms with Crippen molar-refractivity contribution in [3.05, 3.63) is 63.1 Å². The average Bonchev–Trinajstić information content (AvgIpc) is 2.63. The van der Waals surface area contributed by atoms with Gasteiger partial charge in [-0.3, -0.25) is 4.79 Å². The molecular formula is C18H16Cl3NO4. The van der Waals surface area contributed by atoms with Crippen LogP contribution in [0.25, 0.3) is 0 Å². The first-order valence-electron chi connectivity index (χ1n) is 7.59. The molecule has 0 heterocycles. The van der Waals surface area contributed by atoms with Crippen molar-refractivity contribution in [2.24, 2.45) is 0 Å². The molecule has 0 aliphatic carbocycles. The van der Waals surface area contributed by atoms with E-state index < -0.39 is 17.9 Å². The Hall–Kier alpha value is -1.95. The number of carbonyl (C=O) groups excluding carboxylic acids is 2. The molecule has 0 saturated heterocycles. The van der Waals surface area contributed by atoms with E-state index in [1.54, 1.807) is 0 Å². The second-order valence-corrected chi connectivity index (χ2v) is 6.54. The van der Waals surface area contributed by atoms with Gasteiger partial charge in [-0.05, 0) is 11.6 Å². The molecule has 138 valence electrons. The smallest absolute Gasteiger partial charge is 0.328 e. The minimum atomic E-state index is -0.831. The Labute approximate surface area is 166 Å². The highest BCUT2D eigenvalue weighted by Crippen LogP contribution is 2.33. The van der Waals surface area contributed by atoms with Gasteiger partial charge in [0, 0.05) is 12.5 Å². The summed E-state index contributed by atoms with van der Waals surface area (Å²) in [7, 11) is 1.26. The molecule has 8 heteroatoms. The van der Waals surface area contributed by atoms with Gasteiger partial charge in [0.25, 0.3) is 5.91 Å². The zero-order valence-electron chi connectivity index (χ0n) is 13.8. The SMILES string of the molecule is COC(=O)[C@H](Cc1ccccc1)NC(=O)COc1cc(Cl)c(Cl)cc1Cl. The molecule has 5 nitrogen and oxygen atoms in total. The van der Waals surface area contributed by atoms with E-state index in [1.165, 1.54) is 19.2 Å². The van der Waals surface area contributed by atoms with E-state index in [0.29, 0.717) is 6.42 Å². The summed E-state index contributed by atoms with van der Waals surface area (Å²) in [5.74, 6) is -0.831. The molecule has 0 unspecified atom stereocenters. The maximum atomic E-state index is 12.2. The quantitative estimate of drug-likeness (QED) is 0.549. The van der Waals surface area contributed by atoms with Crippen molar-refractivity contribution in [2.75, 3.05) is 13.7 Å². The molecule has 2 aromatic carbocycles. The molecule has 2 aromatic rings. The molecule has 0 saturated carbocycles. The average molecular weight is 417 g/mol. The Morgan fingerprint density at radius 1 is 1.04 bits per heavy atom. The van der Waals surface area contributed by atoms with Crippen LogP contribution in [-0.4, -0.2) is 31.6 Å². The van der Waals surface area contributed by atoms with Gasteiger partial charge in [-0.25, -0.2) is 4.79 Å². The molecule has 0 spiro atoms. The summed E-state index contributed by atoms with van der Waals surface area (Å²) >= 11 is 17.7. The Balaban J connectivity index is 1.99. The van der Waals surface area contributed by atoms with Crippen LogP contribution in [0.4, 0.5) is 0 Å². The number of ether oxygens (including phenoxy) is 2. The van der Waals surface area contributed by atoms with Crippen molar-refractivity contribution in [3.63, 3.8) is 0 Å². The lowest BCUT2D eigenvalue weighted by atomic mass is 10.1. The lowest BCUT2D eigenvalue weighted by molar-refractivity contribution is -0.145. The Bertz CT molecular complexity index is 784. The number of nitrogens with one attached hydrogen (secondary N) is 1. The minimum absolute atomic E-state index is 0.217. The van der Waals surface area contributed by atoms with Crippen LogP contribution in [-0.2, 0) is 20.7 Å². The summed E-state index contributed by atoms with van der Waals surface area (Å²) in [6, 6.07) is 11.3. The predicted octanol–water partition coefficient (Wildman–Crippen LogP) is 3.93. The molecule has 0 bridgehead atoms. The van der Waals surface area contributed by atoms with Crippen molar-refractivity contribution < 1.29 is 19.1 Å². The molecule has 26 heavy (non-hydrogen) atoms. The van der Waals surface area contributed by atoms with Crippen LogP contribution in [0.5, 0.6) is 5.75 Å². The third-order valence-corrected chi connectivity index (χ3v) is 4.45. The Morgan fingerprint density at radius 2 is 1.69 bits per heavy atom. The van der Waals surface area contributed by atoms with Gasteiger partial charge >= 0.3 is 5.97 Å². The van der Waals surface area contributed by atoms with Crippen LogP contribution in [0, 0.1) is 0 Å². The molecule has 0 aromatic heterocycles. The molecule has 1 N–H and O–H groups in total. The van der Waals surface area contributed by atoms with Crippen LogP contribution in [0.3, 0.4) is 0 Å². The van der Waals surface area contributed by atoms with E-state index >= 15 is 0 Å². The van der Waals surface area contributed by atoms with E-state index in [-0.39, 0.29) is 27.4 Å². The summed E-state index contributed by atoms with van der Waals surface area (Å²) in [5.41, 5.74) is 0.886. The maximum absolute atomic E-state index is 12.2. The van der Waals surface area contributed by atoms with Crippen molar-refractivity contribution in [1.82, 2.24) is 5.32 Å². The monoisotopic (exact) mass is 415 g/mol. The molecule has 0 fully saturated rings. The van der Waals surface area contributed by atoms with Gasteiger partial charge < -0.3 is 14.8 Å². The van der Waals surface area contributed by atoms with E-state index in [2.05, 4.69) is 5.32 Å². The van der Waals surface area contributed by atoms with Gasteiger partial charge in [0.05, 0.1) is 22.2 Å². The van der Waals surface area contributed by atoms with E-state index in [4.69, 9.17) is 44.3 Å². The van der Waals surface area contributed by atoms with Gasteiger partial charge in [0.15, 0.2) is 6.61 Å². The summed E-state index contributed by atoms with van der Waals surface area (Å²) in [6.45, 7) is -0.347. The number of benzene rings is 2. The maximum Gasteiger partial charge on any atom is 0.328 e. The van der Waals surface area contributed by atoms with Crippen molar-refractivity contribution >= 4 is 46.7 Å². The van der Waals surface area contributed by atoms with Crippen molar-refractivity contribution in [3.8, 4) is 5.75 Å². The fourth-order valence-electron chi connectivity index (χ4n) is 2.18. The molecule has 0 radical (unpaired) electrons. The molecule has 0 aliphatic heterocycles. The van der Waals surface area contributed by atoms with Crippen LogP contribution in [0.1, 0.15) is 5.56 Å². The highest BCUT2D eigenvalue weighted by molar-refractivity contribution is 6.43. The lowest BCUT2D eigenvalue weighted by Gasteiger charge is -2.17. The fourth-order valence-corrected chi connectivity index (χ4v) is 2.77. The van der Waals surface area contributed by atoms with Crippen LogP contribution >= 0.6 is 34.8 Å². The molecule has 1 atom stereocenters. The predicted molar refractivity (Wildman–Crippen MR) is 101 cm³/mol. The number of hydrogen-bond acceptors (Lipinski definition) is 4. The summed E-state index contributed by atoms with van der Waals surface area (Å²) in [6.07, 6.45) is 0.298. The summed E-state index contributed by atoms with van der Waals surface area (Å²) in [4.78, 5) is 24.1. The Morgan fingerprint density at radius 3 is 2.35 bits per heavy atom. The summed E-state index contributed by atoms with van der Waals surface area (Å²) in [5, 5.41) is 3.35. The van der Waals surface area contributed by atoms with Crippen LogP contribution in [0.2, 0.25) is 15.1 Å². The third kappa shape index (κ3) is 5.80. The highest BCUT2D eigenvalue weighted by atomic mass is 35.5. The number of rotatable bonds is 7. The van der Waals surface area contributed by atoms with Crippen LogP contribution in [0.15, 0.2) is 42.5 Å². The number of halogens is 3. The molecule has 2 rings (SSSR count). The fraction of sp³-hybridized carbons (Fsp3) is 0.222. The van der Waals surface area contributed by atoms with Gasteiger partial charge in [0.2, 0.25) is 0 Å². The zero-order chi connectivity index (χ0) is 19.1. The second kappa shape index (κ2) is 9.67. The van der Waals surface area contributed by atoms with E-state index in [1.807, 2.05) is 30.3 Å². The van der Waals surface area contributed by atoms with Crippen molar-refractivity contribution in [1.29, 1.82) is 0 Å². The van der Waals surface area contributed by atoms with E-state index in [0.717, 1.165) is 5.56 Å². The second-order valence-electron chi connectivity index (χ2n) is 5.32.